The Hall–Kier alpha value is -1.59. The van der Waals surface area contributed by atoms with E-state index in [0.29, 0.717) is 11.3 Å². The van der Waals surface area contributed by atoms with Gasteiger partial charge in [-0.1, -0.05) is 12.1 Å². The van der Waals surface area contributed by atoms with Crippen LogP contribution in [-0.4, -0.2) is 41.6 Å². The molecule has 0 saturated heterocycles. The minimum Gasteiger partial charge on any atom is -0.491 e. The number of hydrogen-bond acceptors (Lipinski definition) is 4. The first-order valence-corrected chi connectivity index (χ1v) is 6.20. The van der Waals surface area contributed by atoms with Crippen molar-refractivity contribution in [3.63, 3.8) is 0 Å². The Kier molecular flexibility index (Phi) is 6.32. The summed E-state index contributed by atoms with van der Waals surface area (Å²) in [5.74, 6) is -0.343. The van der Waals surface area contributed by atoms with Crippen molar-refractivity contribution >= 4 is 5.97 Å². The molecule has 0 fully saturated rings. The molecular formula is C14H20O5. The molecule has 0 heterocycles. The standard InChI is InChI=1S/C14H20O5/c1-10(2)18-8-12(15)9-19-13-5-3-4-11(6-13)7-14(16)17/h3-6,10,12,15H,7-9H2,1-2H3,(H,16,17). The van der Waals surface area contributed by atoms with Crippen molar-refractivity contribution < 1.29 is 24.5 Å². The van der Waals surface area contributed by atoms with Crippen LogP contribution in [0.5, 0.6) is 5.75 Å². The van der Waals surface area contributed by atoms with E-state index in [9.17, 15) is 9.90 Å². The van der Waals surface area contributed by atoms with Gasteiger partial charge in [0.1, 0.15) is 18.5 Å². The summed E-state index contributed by atoms with van der Waals surface area (Å²) >= 11 is 0. The van der Waals surface area contributed by atoms with Crippen molar-refractivity contribution in [2.24, 2.45) is 0 Å². The SMILES string of the molecule is CC(C)OCC(O)COc1cccc(CC(=O)O)c1. The van der Waals surface area contributed by atoms with Gasteiger partial charge in [-0.25, -0.2) is 0 Å². The predicted molar refractivity (Wildman–Crippen MR) is 70.4 cm³/mol. The number of carbonyl (C=O) groups is 1. The fraction of sp³-hybridized carbons (Fsp3) is 0.500. The van der Waals surface area contributed by atoms with E-state index < -0.39 is 12.1 Å². The normalized spacial score (nSPS) is 12.4. The first-order chi connectivity index (χ1) is 8.97. The largest absolute Gasteiger partial charge is 0.491 e. The summed E-state index contributed by atoms with van der Waals surface area (Å²) in [6, 6.07) is 6.83. The number of carboxylic acids is 1. The van der Waals surface area contributed by atoms with Crippen molar-refractivity contribution in [2.45, 2.75) is 32.5 Å². The van der Waals surface area contributed by atoms with E-state index in [0.717, 1.165) is 0 Å². The molecule has 106 valence electrons. The lowest BCUT2D eigenvalue weighted by molar-refractivity contribution is -0.136. The van der Waals surface area contributed by atoms with E-state index in [4.69, 9.17) is 14.6 Å². The third-order valence-electron chi connectivity index (χ3n) is 2.32. The highest BCUT2D eigenvalue weighted by atomic mass is 16.5. The number of benzene rings is 1. The van der Waals surface area contributed by atoms with E-state index in [2.05, 4.69) is 0 Å². The van der Waals surface area contributed by atoms with Gasteiger partial charge in [-0.3, -0.25) is 4.79 Å². The zero-order valence-corrected chi connectivity index (χ0v) is 11.2. The second-order valence-electron chi connectivity index (χ2n) is 4.56. The zero-order valence-electron chi connectivity index (χ0n) is 11.2. The number of hydrogen-bond donors (Lipinski definition) is 2. The summed E-state index contributed by atoms with van der Waals surface area (Å²) in [6.45, 7) is 4.11. The van der Waals surface area contributed by atoms with Crippen molar-refractivity contribution in [1.29, 1.82) is 0 Å². The van der Waals surface area contributed by atoms with Gasteiger partial charge in [0.15, 0.2) is 0 Å². The number of carboxylic acid groups (broad SMARTS) is 1. The fourth-order valence-corrected chi connectivity index (χ4v) is 1.46. The molecule has 1 unspecified atom stereocenters. The molecule has 5 nitrogen and oxygen atoms in total. The van der Waals surface area contributed by atoms with Crippen LogP contribution in [0.25, 0.3) is 0 Å². The van der Waals surface area contributed by atoms with E-state index in [1.165, 1.54) is 0 Å². The third-order valence-corrected chi connectivity index (χ3v) is 2.32. The van der Waals surface area contributed by atoms with Crippen LogP contribution in [0.1, 0.15) is 19.4 Å². The number of aliphatic hydroxyl groups excluding tert-OH is 1. The summed E-state index contributed by atoms with van der Waals surface area (Å²) in [7, 11) is 0. The summed E-state index contributed by atoms with van der Waals surface area (Å²) in [4.78, 5) is 10.6. The minimum absolute atomic E-state index is 0.0454. The Bertz CT molecular complexity index is 403. The van der Waals surface area contributed by atoms with Gasteiger partial charge < -0.3 is 19.7 Å². The number of ether oxygens (including phenoxy) is 2. The molecule has 0 aromatic heterocycles. The molecule has 1 aromatic carbocycles. The molecule has 19 heavy (non-hydrogen) atoms. The number of aliphatic hydroxyl groups is 1. The Morgan fingerprint density at radius 1 is 1.32 bits per heavy atom. The van der Waals surface area contributed by atoms with Crippen LogP contribution >= 0.6 is 0 Å². The summed E-state index contributed by atoms with van der Waals surface area (Å²) in [6.07, 6.45) is -0.685. The van der Waals surface area contributed by atoms with Crippen LogP contribution in [0.15, 0.2) is 24.3 Å². The van der Waals surface area contributed by atoms with E-state index >= 15 is 0 Å². The van der Waals surface area contributed by atoms with Crippen molar-refractivity contribution in [2.75, 3.05) is 13.2 Å². The van der Waals surface area contributed by atoms with Crippen LogP contribution in [0.4, 0.5) is 0 Å². The smallest absolute Gasteiger partial charge is 0.307 e. The molecule has 5 heteroatoms. The maximum atomic E-state index is 10.6. The summed E-state index contributed by atoms with van der Waals surface area (Å²) in [5.41, 5.74) is 0.665. The molecule has 1 aromatic rings. The van der Waals surface area contributed by atoms with Crippen LogP contribution in [0, 0.1) is 0 Å². The van der Waals surface area contributed by atoms with Gasteiger partial charge in [0, 0.05) is 0 Å². The second kappa shape index (κ2) is 7.76. The molecule has 0 amide bonds. The highest BCUT2D eigenvalue weighted by Crippen LogP contribution is 2.14. The minimum atomic E-state index is -0.887. The lowest BCUT2D eigenvalue weighted by atomic mass is 10.1. The average Bonchev–Trinajstić information content (AvgIpc) is 2.33. The van der Waals surface area contributed by atoms with E-state index in [1.54, 1.807) is 24.3 Å². The molecule has 0 aliphatic heterocycles. The first kappa shape index (κ1) is 15.5. The lowest BCUT2D eigenvalue weighted by Gasteiger charge is -2.14. The van der Waals surface area contributed by atoms with Crippen molar-refractivity contribution in [3.05, 3.63) is 29.8 Å². The second-order valence-corrected chi connectivity index (χ2v) is 4.56. The van der Waals surface area contributed by atoms with Crippen LogP contribution in [-0.2, 0) is 16.0 Å². The average molecular weight is 268 g/mol. The molecule has 0 aliphatic rings. The Labute approximate surface area is 112 Å². The molecule has 1 rings (SSSR count). The maximum Gasteiger partial charge on any atom is 0.307 e. The lowest BCUT2D eigenvalue weighted by Crippen LogP contribution is -2.25. The van der Waals surface area contributed by atoms with Gasteiger partial charge in [0.25, 0.3) is 0 Å². The summed E-state index contributed by atoms with van der Waals surface area (Å²) < 4.78 is 10.7. The highest BCUT2D eigenvalue weighted by Gasteiger charge is 2.08. The van der Waals surface area contributed by atoms with Crippen LogP contribution < -0.4 is 4.74 Å². The zero-order chi connectivity index (χ0) is 14.3. The number of rotatable bonds is 8. The topological polar surface area (TPSA) is 76.0 Å². The van der Waals surface area contributed by atoms with Gasteiger partial charge in [0.2, 0.25) is 0 Å². The third kappa shape index (κ3) is 6.79. The van der Waals surface area contributed by atoms with Gasteiger partial charge in [-0.05, 0) is 31.5 Å². The fourth-order valence-electron chi connectivity index (χ4n) is 1.46. The van der Waals surface area contributed by atoms with Gasteiger partial charge in [0.05, 0.1) is 19.1 Å². The predicted octanol–water partition coefficient (Wildman–Crippen LogP) is 1.48. The molecular weight excluding hydrogens is 248 g/mol. The molecule has 0 radical (unpaired) electrons. The maximum absolute atomic E-state index is 10.6. The summed E-state index contributed by atoms with van der Waals surface area (Å²) in [5, 5.41) is 18.3. The quantitative estimate of drug-likeness (QED) is 0.747. The van der Waals surface area contributed by atoms with Gasteiger partial charge in [-0.15, -0.1) is 0 Å². The Morgan fingerprint density at radius 3 is 2.68 bits per heavy atom. The Morgan fingerprint density at radius 2 is 2.05 bits per heavy atom. The van der Waals surface area contributed by atoms with Crippen molar-refractivity contribution in [3.8, 4) is 5.75 Å². The molecule has 0 bridgehead atoms. The molecule has 0 saturated carbocycles. The molecule has 2 N–H and O–H groups in total. The Balaban J connectivity index is 2.42. The highest BCUT2D eigenvalue weighted by molar-refractivity contribution is 5.70. The molecule has 1 atom stereocenters. The van der Waals surface area contributed by atoms with E-state index in [-0.39, 0.29) is 25.7 Å². The number of aliphatic carboxylic acids is 1. The molecule has 0 aliphatic carbocycles. The van der Waals surface area contributed by atoms with Crippen LogP contribution in [0.2, 0.25) is 0 Å². The van der Waals surface area contributed by atoms with E-state index in [1.807, 2.05) is 13.8 Å². The van der Waals surface area contributed by atoms with Crippen molar-refractivity contribution in [1.82, 2.24) is 0 Å². The first-order valence-electron chi connectivity index (χ1n) is 6.20. The van der Waals surface area contributed by atoms with Gasteiger partial charge in [-0.2, -0.15) is 0 Å². The van der Waals surface area contributed by atoms with Crippen LogP contribution in [0.3, 0.4) is 0 Å². The monoisotopic (exact) mass is 268 g/mol. The molecule has 0 spiro atoms. The van der Waals surface area contributed by atoms with Gasteiger partial charge >= 0.3 is 5.97 Å².